The van der Waals surface area contributed by atoms with Crippen LogP contribution in [0.3, 0.4) is 0 Å². The number of halogens is 1. The van der Waals surface area contributed by atoms with E-state index in [-0.39, 0.29) is 35.1 Å². The summed E-state index contributed by atoms with van der Waals surface area (Å²) in [7, 11) is -2.79. The van der Waals surface area contributed by atoms with Gasteiger partial charge in [-0.2, -0.15) is 4.37 Å². The highest BCUT2D eigenvalue weighted by Crippen LogP contribution is 2.37. The quantitative estimate of drug-likeness (QED) is 0.341. The van der Waals surface area contributed by atoms with Crippen LogP contribution >= 0.6 is 11.5 Å². The molecule has 0 bridgehead atoms. The summed E-state index contributed by atoms with van der Waals surface area (Å²) in [6.07, 6.45) is 5.18. The Balaban J connectivity index is 0.000000221. The van der Waals surface area contributed by atoms with Gasteiger partial charge in [0.25, 0.3) is 15.9 Å². The van der Waals surface area contributed by atoms with Crippen LogP contribution < -0.4 is 24.9 Å². The molecule has 2 aromatic carbocycles. The lowest BCUT2D eigenvalue weighted by Gasteiger charge is -2.28. The lowest BCUT2D eigenvalue weighted by Crippen LogP contribution is -2.39. The van der Waals surface area contributed by atoms with E-state index < -0.39 is 21.9 Å². The molecule has 216 valence electrons. The van der Waals surface area contributed by atoms with Crippen LogP contribution in [0.25, 0.3) is 0 Å². The summed E-state index contributed by atoms with van der Waals surface area (Å²) in [6.45, 7) is 5.05. The number of carbonyl (C=O) groups excluding carboxylic acids is 2. The van der Waals surface area contributed by atoms with Crippen LogP contribution in [0.1, 0.15) is 19.7 Å². The second-order valence-corrected chi connectivity index (χ2v) is 12.2. The number of terminal acetylenes is 1. The minimum Gasteiger partial charge on any atom is -0.481 e. The zero-order valence-corrected chi connectivity index (χ0v) is 24.0. The van der Waals surface area contributed by atoms with Crippen LogP contribution in [-0.4, -0.2) is 49.6 Å². The van der Waals surface area contributed by atoms with Crippen LogP contribution in [0, 0.1) is 23.6 Å². The number of ether oxygens (including phenoxy) is 2. The Morgan fingerprint density at radius 1 is 1.34 bits per heavy atom. The molecule has 2 amide bonds. The highest BCUT2D eigenvalue weighted by Gasteiger charge is 2.31. The molecule has 15 heteroatoms. The summed E-state index contributed by atoms with van der Waals surface area (Å²) in [4.78, 5) is 29.2. The van der Waals surface area contributed by atoms with E-state index >= 15 is 0 Å². The Labute approximate surface area is 239 Å². The van der Waals surface area contributed by atoms with Gasteiger partial charge in [0.2, 0.25) is 4.80 Å². The lowest BCUT2D eigenvalue weighted by molar-refractivity contribution is -0.121. The van der Waals surface area contributed by atoms with Crippen molar-refractivity contribution in [2.24, 2.45) is 10.4 Å². The van der Waals surface area contributed by atoms with Crippen molar-refractivity contribution in [3.63, 3.8) is 0 Å². The molecule has 3 aromatic rings. The maximum atomic E-state index is 14.5. The molecular formula is C26H27FN6O6S2. The van der Waals surface area contributed by atoms with Crippen molar-refractivity contribution in [3.8, 4) is 18.1 Å². The number of nitrogens with zero attached hydrogens (tertiary/aromatic N) is 4. The molecule has 0 fully saturated rings. The molecule has 0 unspecified atom stereocenters. The van der Waals surface area contributed by atoms with E-state index in [1.807, 2.05) is 4.57 Å². The molecule has 2 aliphatic heterocycles. The van der Waals surface area contributed by atoms with E-state index in [4.69, 9.17) is 16.9 Å². The highest BCUT2D eigenvalue weighted by atomic mass is 32.2. The fraction of sp³-hybridized carbons (Fsp3) is 0.308. The number of hydrogen-bond donors (Lipinski definition) is 2. The second-order valence-electron chi connectivity index (χ2n) is 9.83. The molecular weight excluding hydrogens is 575 g/mol. The molecule has 0 spiro atoms. The molecule has 2 aliphatic rings. The summed E-state index contributed by atoms with van der Waals surface area (Å²) in [5, 5.41) is 0. The number of fused-ring (bicyclic) bond motifs is 2. The number of nitrogen functional groups attached to an aromatic ring is 1. The number of nitrogens with one attached hydrogen (secondary N) is 1. The summed E-state index contributed by atoms with van der Waals surface area (Å²) in [6, 6.07) is 8.19. The fourth-order valence-corrected chi connectivity index (χ4v) is 5.78. The van der Waals surface area contributed by atoms with Crippen LogP contribution in [-0.2, 0) is 32.5 Å². The molecule has 41 heavy (non-hydrogen) atoms. The fourth-order valence-electron chi connectivity index (χ4n) is 4.10. The van der Waals surface area contributed by atoms with Crippen molar-refractivity contribution in [2.45, 2.75) is 31.7 Å². The summed E-state index contributed by atoms with van der Waals surface area (Å²) < 4.78 is 55.1. The van der Waals surface area contributed by atoms with E-state index in [2.05, 4.69) is 33.9 Å². The van der Waals surface area contributed by atoms with Crippen molar-refractivity contribution in [1.82, 2.24) is 13.7 Å². The first-order valence-electron chi connectivity index (χ1n) is 12.1. The molecule has 0 saturated carbocycles. The van der Waals surface area contributed by atoms with Crippen LogP contribution in [0.5, 0.6) is 5.75 Å². The van der Waals surface area contributed by atoms with Gasteiger partial charge in [-0.3, -0.25) is 9.69 Å². The molecule has 0 atom stereocenters. The third kappa shape index (κ3) is 6.67. The standard InChI is InChI=1S/C18H17FN4O2S.C8H10N2O4S/c1-4-5-22-13-7-12(11(19)6-14(13)25-9-16(22)24)20-17-23-10-18(2,3)8-15(23)21-26-17;1-14-8(11)10-15(12,13)7-4-2-6(9)3-5-7/h1,6-7H,5,8-10H2,2-3H3;2-5H,9H2,1H3,(H,10,11)/b20-17-;. The lowest BCUT2D eigenvalue weighted by atomic mass is 9.92. The van der Waals surface area contributed by atoms with Gasteiger partial charge in [-0.15, -0.1) is 6.42 Å². The van der Waals surface area contributed by atoms with Crippen molar-refractivity contribution >= 4 is 50.6 Å². The number of aromatic nitrogens is 2. The summed E-state index contributed by atoms with van der Waals surface area (Å²) in [5.74, 6) is 2.92. The molecule has 12 nitrogen and oxygen atoms in total. The number of amides is 2. The van der Waals surface area contributed by atoms with Gasteiger partial charge in [0.05, 0.1) is 24.2 Å². The van der Waals surface area contributed by atoms with Gasteiger partial charge < -0.3 is 19.8 Å². The molecule has 0 radical (unpaired) electrons. The maximum Gasteiger partial charge on any atom is 0.420 e. The minimum atomic E-state index is -3.87. The van der Waals surface area contributed by atoms with Crippen molar-refractivity contribution in [2.75, 3.05) is 30.9 Å². The zero-order valence-electron chi connectivity index (χ0n) is 22.4. The molecule has 3 N–H and O–H groups in total. The highest BCUT2D eigenvalue weighted by molar-refractivity contribution is 7.90. The number of benzene rings is 2. The molecule has 3 heterocycles. The maximum absolute atomic E-state index is 14.5. The van der Waals surface area contributed by atoms with Crippen molar-refractivity contribution < 1.29 is 31.9 Å². The van der Waals surface area contributed by atoms with Gasteiger partial charge in [0, 0.05) is 36.3 Å². The van der Waals surface area contributed by atoms with Crippen molar-refractivity contribution in [1.29, 1.82) is 0 Å². The molecule has 1 aromatic heterocycles. The van der Waals surface area contributed by atoms with E-state index in [1.54, 1.807) is 4.72 Å². The Kier molecular flexibility index (Phi) is 8.36. The molecule has 0 saturated heterocycles. The van der Waals surface area contributed by atoms with Gasteiger partial charge in [-0.25, -0.2) is 27.3 Å². The molecule has 5 rings (SSSR count). The third-order valence-corrected chi connectivity index (χ3v) is 8.13. The predicted octanol–water partition coefficient (Wildman–Crippen LogP) is 2.57. The number of rotatable bonds is 4. The van der Waals surface area contributed by atoms with Gasteiger partial charge in [0.15, 0.2) is 12.4 Å². The Hall–Kier alpha value is -4.42. The number of hydrogen-bond acceptors (Lipinski definition) is 10. The third-order valence-electron chi connectivity index (χ3n) is 6.03. The average Bonchev–Trinajstić information content (AvgIpc) is 3.42. The summed E-state index contributed by atoms with van der Waals surface area (Å²) >= 11 is 1.24. The van der Waals surface area contributed by atoms with E-state index in [1.165, 1.54) is 52.8 Å². The zero-order chi connectivity index (χ0) is 29.9. The van der Waals surface area contributed by atoms with E-state index in [0.717, 1.165) is 25.9 Å². The first-order valence-corrected chi connectivity index (χ1v) is 14.4. The topological polar surface area (TPSA) is 158 Å². The number of sulfonamides is 1. The second kappa shape index (κ2) is 11.6. The van der Waals surface area contributed by atoms with Crippen LogP contribution in [0.2, 0.25) is 0 Å². The number of carbonyl (C=O) groups is 2. The van der Waals surface area contributed by atoms with Gasteiger partial charge in [-0.05, 0) is 35.7 Å². The normalized spacial score (nSPS) is 15.5. The number of anilines is 2. The largest absolute Gasteiger partial charge is 0.481 e. The van der Waals surface area contributed by atoms with Crippen molar-refractivity contribution in [3.05, 3.63) is 52.8 Å². The Morgan fingerprint density at radius 3 is 2.71 bits per heavy atom. The number of nitrogens with two attached hydrogens (primary N) is 1. The Morgan fingerprint density at radius 2 is 2.05 bits per heavy atom. The SMILES string of the molecule is C#CCN1C(=O)COc2cc(F)c(/N=c3\snc4n3CC(C)(C)C4)cc21.COC(=O)NS(=O)(=O)c1ccc(N)cc1. The van der Waals surface area contributed by atoms with E-state index in [0.29, 0.717) is 21.9 Å². The predicted molar refractivity (Wildman–Crippen MR) is 149 cm³/mol. The Bertz CT molecular complexity index is 1710. The van der Waals surface area contributed by atoms with Crippen LogP contribution in [0.15, 0.2) is 46.3 Å². The first-order chi connectivity index (χ1) is 19.3. The van der Waals surface area contributed by atoms with Gasteiger partial charge >= 0.3 is 6.09 Å². The van der Waals surface area contributed by atoms with Crippen LogP contribution in [0.4, 0.5) is 26.2 Å². The summed E-state index contributed by atoms with van der Waals surface area (Å²) in [5.41, 5.74) is 6.51. The van der Waals surface area contributed by atoms with Gasteiger partial charge in [-0.1, -0.05) is 19.8 Å². The smallest absolute Gasteiger partial charge is 0.420 e. The van der Waals surface area contributed by atoms with E-state index in [9.17, 15) is 22.4 Å². The molecule has 0 aliphatic carbocycles. The monoisotopic (exact) mass is 602 g/mol. The average molecular weight is 603 g/mol. The minimum absolute atomic E-state index is 0.0536. The number of methoxy groups -OCH3 is 1. The first kappa shape index (κ1) is 29.6. The van der Waals surface area contributed by atoms with Gasteiger partial charge in [0.1, 0.15) is 17.3 Å².